The highest BCUT2D eigenvalue weighted by Gasteiger charge is 2.27. The number of rotatable bonds is 5. The Morgan fingerprint density at radius 2 is 1.54 bits per heavy atom. The summed E-state index contributed by atoms with van der Waals surface area (Å²) in [6, 6.07) is 19.3. The Morgan fingerprint density at radius 3 is 2.12 bits per heavy atom. The number of esters is 1. The number of ether oxygens (including phenoxy) is 1. The fourth-order valence-electron chi connectivity index (χ4n) is 2.42. The van der Waals surface area contributed by atoms with Crippen molar-refractivity contribution in [2.24, 2.45) is 0 Å². The molecule has 0 radical (unpaired) electrons. The molecular formula is C20H16O4. The maximum absolute atomic E-state index is 12.8. The van der Waals surface area contributed by atoms with Crippen molar-refractivity contribution in [3.63, 3.8) is 0 Å². The Labute approximate surface area is 139 Å². The van der Waals surface area contributed by atoms with Gasteiger partial charge in [-0.25, -0.2) is 4.79 Å². The van der Waals surface area contributed by atoms with Gasteiger partial charge in [-0.15, -0.1) is 0 Å². The summed E-state index contributed by atoms with van der Waals surface area (Å²) < 4.78 is 10.7. The molecule has 4 heteroatoms. The van der Waals surface area contributed by atoms with E-state index in [4.69, 9.17) is 9.15 Å². The van der Waals surface area contributed by atoms with E-state index < -0.39 is 12.1 Å². The minimum absolute atomic E-state index is 0.267. The Hall–Kier alpha value is -3.14. The van der Waals surface area contributed by atoms with Gasteiger partial charge in [-0.1, -0.05) is 60.7 Å². The summed E-state index contributed by atoms with van der Waals surface area (Å²) >= 11 is 0. The average Bonchev–Trinajstić information content (AvgIpc) is 3.06. The van der Waals surface area contributed by atoms with Crippen LogP contribution in [0.5, 0.6) is 0 Å². The molecule has 24 heavy (non-hydrogen) atoms. The van der Waals surface area contributed by atoms with E-state index >= 15 is 0 Å². The van der Waals surface area contributed by atoms with Crippen LogP contribution in [0.3, 0.4) is 0 Å². The minimum Gasteiger partial charge on any atom is -0.469 e. The van der Waals surface area contributed by atoms with E-state index in [0.29, 0.717) is 22.5 Å². The minimum atomic E-state index is -1.00. The highest BCUT2D eigenvalue weighted by molar-refractivity contribution is 6.02. The van der Waals surface area contributed by atoms with E-state index in [-0.39, 0.29) is 5.78 Å². The lowest BCUT2D eigenvalue weighted by molar-refractivity contribution is 0.0278. The molecule has 0 saturated heterocycles. The molecule has 0 aliphatic carbocycles. The van der Waals surface area contributed by atoms with E-state index in [9.17, 15) is 9.59 Å². The van der Waals surface area contributed by atoms with Crippen molar-refractivity contribution in [3.05, 3.63) is 95.4 Å². The van der Waals surface area contributed by atoms with Gasteiger partial charge in [0.25, 0.3) is 0 Å². The second-order valence-corrected chi connectivity index (χ2v) is 5.32. The molecule has 4 nitrogen and oxygen atoms in total. The first kappa shape index (κ1) is 15.7. The third-order valence-corrected chi connectivity index (χ3v) is 3.70. The molecule has 0 aliphatic heterocycles. The molecule has 0 unspecified atom stereocenters. The van der Waals surface area contributed by atoms with Gasteiger partial charge >= 0.3 is 5.97 Å². The van der Waals surface area contributed by atoms with Crippen molar-refractivity contribution in [1.29, 1.82) is 0 Å². The first-order valence-corrected chi connectivity index (χ1v) is 7.56. The van der Waals surface area contributed by atoms with Gasteiger partial charge in [-0.3, -0.25) is 4.79 Å². The molecule has 3 aromatic rings. The van der Waals surface area contributed by atoms with Crippen LogP contribution in [0.1, 0.15) is 38.1 Å². The predicted octanol–water partition coefficient (Wildman–Crippen LogP) is 4.37. The highest BCUT2D eigenvalue weighted by Crippen LogP contribution is 2.24. The Balaban J connectivity index is 1.93. The number of hydrogen-bond donors (Lipinski definition) is 0. The summed E-state index contributed by atoms with van der Waals surface area (Å²) in [5.74, 6) is -0.394. The third-order valence-electron chi connectivity index (χ3n) is 3.70. The average molecular weight is 320 g/mol. The summed E-state index contributed by atoms with van der Waals surface area (Å²) in [5.41, 5.74) is 1.43. The molecule has 1 aromatic heterocycles. The molecule has 0 aliphatic rings. The van der Waals surface area contributed by atoms with Crippen LogP contribution in [-0.2, 0) is 4.74 Å². The van der Waals surface area contributed by atoms with E-state index in [2.05, 4.69) is 0 Å². The molecule has 0 spiro atoms. The SMILES string of the molecule is Cc1occc1C(=O)O[C@@H](C(=O)c1ccccc1)c1ccccc1. The molecule has 0 saturated carbocycles. The van der Waals surface area contributed by atoms with Crippen molar-refractivity contribution < 1.29 is 18.7 Å². The normalized spacial score (nSPS) is 11.7. The molecule has 120 valence electrons. The van der Waals surface area contributed by atoms with E-state index in [1.54, 1.807) is 55.5 Å². The molecular weight excluding hydrogens is 304 g/mol. The van der Waals surface area contributed by atoms with Gasteiger partial charge in [-0.05, 0) is 13.0 Å². The largest absolute Gasteiger partial charge is 0.469 e. The molecule has 3 rings (SSSR count). The van der Waals surface area contributed by atoms with Gasteiger partial charge in [0.2, 0.25) is 5.78 Å². The zero-order chi connectivity index (χ0) is 16.9. The first-order chi connectivity index (χ1) is 11.7. The van der Waals surface area contributed by atoms with Crippen LogP contribution in [0.4, 0.5) is 0 Å². The van der Waals surface area contributed by atoms with Crippen molar-refractivity contribution in [1.82, 2.24) is 0 Å². The maximum atomic E-state index is 12.8. The third kappa shape index (κ3) is 3.27. The lowest BCUT2D eigenvalue weighted by atomic mass is 10.00. The van der Waals surface area contributed by atoms with Crippen LogP contribution < -0.4 is 0 Å². The van der Waals surface area contributed by atoms with E-state index in [1.807, 2.05) is 12.1 Å². The number of Topliss-reactive ketones (excluding diaryl/α,β-unsaturated/α-hetero) is 1. The fraction of sp³-hybridized carbons (Fsp3) is 0.100. The van der Waals surface area contributed by atoms with Crippen LogP contribution in [0, 0.1) is 6.92 Å². The summed E-state index contributed by atoms with van der Waals surface area (Å²) in [7, 11) is 0. The molecule has 0 bridgehead atoms. The quantitative estimate of drug-likeness (QED) is 0.517. The Kier molecular flexibility index (Phi) is 4.57. The lowest BCUT2D eigenvalue weighted by Gasteiger charge is -2.17. The molecule has 0 fully saturated rings. The number of ketones is 1. The molecule has 0 N–H and O–H groups in total. The van der Waals surface area contributed by atoms with E-state index in [0.717, 1.165) is 0 Å². The monoisotopic (exact) mass is 320 g/mol. The summed E-state index contributed by atoms with van der Waals surface area (Å²) in [6.45, 7) is 1.67. The predicted molar refractivity (Wildman–Crippen MR) is 88.8 cm³/mol. The van der Waals surface area contributed by atoms with Crippen LogP contribution in [0.2, 0.25) is 0 Å². The van der Waals surface area contributed by atoms with Gasteiger partial charge in [0.15, 0.2) is 6.10 Å². The zero-order valence-electron chi connectivity index (χ0n) is 13.1. The number of hydrogen-bond acceptors (Lipinski definition) is 4. The highest BCUT2D eigenvalue weighted by atomic mass is 16.5. The topological polar surface area (TPSA) is 56.5 Å². The number of carbonyl (C=O) groups excluding carboxylic acids is 2. The van der Waals surface area contributed by atoms with Crippen molar-refractivity contribution in [3.8, 4) is 0 Å². The number of benzene rings is 2. The van der Waals surface area contributed by atoms with Crippen LogP contribution in [0.15, 0.2) is 77.4 Å². The summed E-state index contributed by atoms with van der Waals surface area (Å²) in [4.78, 5) is 25.2. The molecule has 2 aromatic carbocycles. The zero-order valence-corrected chi connectivity index (χ0v) is 13.1. The smallest absolute Gasteiger partial charge is 0.342 e. The Morgan fingerprint density at radius 1 is 0.917 bits per heavy atom. The maximum Gasteiger partial charge on any atom is 0.342 e. The van der Waals surface area contributed by atoms with Gasteiger partial charge in [-0.2, -0.15) is 0 Å². The second kappa shape index (κ2) is 6.96. The Bertz CT molecular complexity index is 834. The second-order valence-electron chi connectivity index (χ2n) is 5.32. The van der Waals surface area contributed by atoms with Crippen molar-refractivity contribution in [2.75, 3.05) is 0 Å². The van der Waals surface area contributed by atoms with Gasteiger partial charge < -0.3 is 9.15 Å². The van der Waals surface area contributed by atoms with Crippen molar-refractivity contribution in [2.45, 2.75) is 13.0 Å². The number of carbonyl (C=O) groups is 2. The summed E-state index contributed by atoms with van der Waals surface area (Å²) in [5, 5.41) is 0. The van der Waals surface area contributed by atoms with Gasteiger partial charge in [0.05, 0.1) is 6.26 Å². The van der Waals surface area contributed by atoms with Crippen LogP contribution >= 0.6 is 0 Å². The lowest BCUT2D eigenvalue weighted by Crippen LogP contribution is -2.20. The number of furan rings is 1. The van der Waals surface area contributed by atoms with Gasteiger partial charge in [0.1, 0.15) is 11.3 Å². The molecule has 1 atom stereocenters. The standard InChI is InChI=1S/C20H16O4/c1-14-17(12-13-23-14)20(22)24-19(16-10-6-3-7-11-16)18(21)15-8-4-2-5-9-15/h2-13,19H,1H3/t19-/m1/s1. The van der Waals surface area contributed by atoms with Gasteiger partial charge in [0, 0.05) is 11.1 Å². The van der Waals surface area contributed by atoms with Crippen molar-refractivity contribution >= 4 is 11.8 Å². The van der Waals surface area contributed by atoms with Crippen LogP contribution in [-0.4, -0.2) is 11.8 Å². The fourth-order valence-corrected chi connectivity index (χ4v) is 2.42. The first-order valence-electron chi connectivity index (χ1n) is 7.56. The van der Waals surface area contributed by atoms with Crippen LogP contribution in [0.25, 0.3) is 0 Å². The summed E-state index contributed by atoms with van der Waals surface area (Å²) in [6.07, 6.45) is 0.415. The van der Waals surface area contributed by atoms with E-state index in [1.165, 1.54) is 12.3 Å². The molecule has 0 amide bonds. The number of aryl methyl sites for hydroxylation is 1. The molecule has 1 heterocycles.